The highest BCUT2D eigenvalue weighted by Crippen LogP contribution is 2.12. The van der Waals surface area contributed by atoms with E-state index >= 15 is 0 Å². The van der Waals surface area contributed by atoms with Gasteiger partial charge >= 0.3 is 0 Å². The van der Waals surface area contributed by atoms with Crippen molar-refractivity contribution in [1.82, 2.24) is 10.2 Å². The van der Waals surface area contributed by atoms with Crippen molar-refractivity contribution in [3.05, 3.63) is 47.7 Å². The van der Waals surface area contributed by atoms with E-state index in [1.54, 1.807) is 12.1 Å². The second kappa shape index (κ2) is 7.38. The summed E-state index contributed by atoms with van der Waals surface area (Å²) in [6.45, 7) is 4.89. The molecule has 2 rings (SSSR count). The molecule has 1 heterocycles. The molecule has 5 heteroatoms. The molecule has 0 unspecified atom stereocenters. The van der Waals surface area contributed by atoms with E-state index in [1.165, 1.54) is 5.56 Å². The Bertz CT molecular complexity index is 578. The Morgan fingerprint density at radius 1 is 1.05 bits per heavy atom. The van der Waals surface area contributed by atoms with Gasteiger partial charge in [-0.05, 0) is 43.2 Å². The number of carbonyl (C=O) groups excluding carboxylic acids is 1. The lowest BCUT2D eigenvalue weighted by Crippen LogP contribution is -2.14. The van der Waals surface area contributed by atoms with Gasteiger partial charge in [0.05, 0.1) is 0 Å². The van der Waals surface area contributed by atoms with Gasteiger partial charge in [-0.15, -0.1) is 10.2 Å². The van der Waals surface area contributed by atoms with Crippen LogP contribution in [-0.2, 0) is 6.42 Å². The van der Waals surface area contributed by atoms with E-state index in [2.05, 4.69) is 27.8 Å². The summed E-state index contributed by atoms with van der Waals surface area (Å²) in [5.74, 6) is 0.409. The molecule has 0 saturated carbocycles. The molecule has 5 nitrogen and oxygen atoms in total. The van der Waals surface area contributed by atoms with E-state index in [0.29, 0.717) is 11.5 Å². The Kier molecular flexibility index (Phi) is 5.26. The lowest BCUT2D eigenvalue weighted by Gasteiger charge is -2.06. The maximum absolute atomic E-state index is 12.1. The van der Waals surface area contributed by atoms with Crippen LogP contribution in [0.25, 0.3) is 0 Å². The Morgan fingerprint density at radius 2 is 1.81 bits per heavy atom. The molecule has 0 saturated heterocycles. The van der Waals surface area contributed by atoms with Gasteiger partial charge in [-0.3, -0.25) is 4.79 Å². The van der Waals surface area contributed by atoms with Crippen LogP contribution in [0.1, 0.15) is 36.3 Å². The fourth-order valence-electron chi connectivity index (χ4n) is 1.97. The Balaban J connectivity index is 2.00. The number of nitrogens with one attached hydrogen (secondary N) is 2. The van der Waals surface area contributed by atoms with Crippen molar-refractivity contribution in [2.45, 2.75) is 26.7 Å². The smallest absolute Gasteiger partial charge is 0.276 e. The first-order valence-electron chi connectivity index (χ1n) is 7.20. The third kappa shape index (κ3) is 4.27. The molecule has 1 aromatic heterocycles. The van der Waals surface area contributed by atoms with Gasteiger partial charge in [-0.1, -0.05) is 25.5 Å². The first-order chi connectivity index (χ1) is 10.2. The number of nitrogens with zero attached hydrogens (tertiary/aromatic N) is 2. The van der Waals surface area contributed by atoms with Gasteiger partial charge in [0.25, 0.3) is 5.91 Å². The molecule has 0 aliphatic heterocycles. The van der Waals surface area contributed by atoms with Crippen LogP contribution in [0.4, 0.5) is 11.5 Å². The largest absolute Gasteiger partial charge is 0.369 e. The molecule has 110 valence electrons. The van der Waals surface area contributed by atoms with E-state index in [9.17, 15) is 4.79 Å². The van der Waals surface area contributed by atoms with Gasteiger partial charge in [0.1, 0.15) is 5.82 Å². The second-order valence-corrected chi connectivity index (χ2v) is 4.74. The monoisotopic (exact) mass is 284 g/mol. The van der Waals surface area contributed by atoms with Crippen molar-refractivity contribution < 1.29 is 4.79 Å². The summed E-state index contributed by atoms with van der Waals surface area (Å²) in [5, 5.41) is 13.7. The highest BCUT2D eigenvalue weighted by Gasteiger charge is 2.08. The molecule has 0 atom stereocenters. The van der Waals surface area contributed by atoms with Crippen molar-refractivity contribution in [2.24, 2.45) is 0 Å². The van der Waals surface area contributed by atoms with Crippen LogP contribution < -0.4 is 10.6 Å². The molecule has 1 aromatic carbocycles. The van der Waals surface area contributed by atoms with E-state index in [4.69, 9.17) is 0 Å². The number of amides is 1. The number of carbonyl (C=O) groups is 1. The van der Waals surface area contributed by atoms with Crippen LogP contribution in [-0.4, -0.2) is 22.6 Å². The first kappa shape index (κ1) is 15.0. The predicted octanol–water partition coefficient (Wildman–Crippen LogP) is 3.11. The van der Waals surface area contributed by atoms with Crippen molar-refractivity contribution in [3.63, 3.8) is 0 Å². The minimum atomic E-state index is -0.256. The zero-order valence-electron chi connectivity index (χ0n) is 12.4. The van der Waals surface area contributed by atoms with Gasteiger partial charge in [0.2, 0.25) is 0 Å². The van der Waals surface area contributed by atoms with Crippen LogP contribution in [0.5, 0.6) is 0 Å². The molecule has 2 N–H and O–H groups in total. The maximum Gasteiger partial charge on any atom is 0.276 e. The number of hydrogen-bond acceptors (Lipinski definition) is 4. The normalized spacial score (nSPS) is 10.2. The van der Waals surface area contributed by atoms with Crippen LogP contribution in [0.3, 0.4) is 0 Å². The van der Waals surface area contributed by atoms with Crippen molar-refractivity contribution in [3.8, 4) is 0 Å². The van der Waals surface area contributed by atoms with E-state index in [-0.39, 0.29) is 5.91 Å². The third-order valence-corrected chi connectivity index (χ3v) is 3.01. The number of anilines is 2. The number of aromatic nitrogens is 2. The molecule has 1 amide bonds. The topological polar surface area (TPSA) is 66.9 Å². The summed E-state index contributed by atoms with van der Waals surface area (Å²) in [4.78, 5) is 12.1. The van der Waals surface area contributed by atoms with Crippen molar-refractivity contribution in [1.29, 1.82) is 0 Å². The standard InChI is InChI=1S/C16H20N4O/c1-3-5-12-6-8-13(9-7-12)18-16(21)14-10-11-15(17-4-2)20-19-14/h6-11H,3-5H2,1-2H3,(H,17,20)(H,18,21). The fourth-order valence-corrected chi connectivity index (χ4v) is 1.97. The summed E-state index contributed by atoms with van der Waals surface area (Å²) >= 11 is 0. The number of hydrogen-bond donors (Lipinski definition) is 2. The molecule has 0 bridgehead atoms. The van der Waals surface area contributed by atoms with Crippen LogP contribution in [0.15, 0.2) is 36.4 Å². The summed E-state index contributed by atoms with van der Waals surface area (Å²) in [6.07, 6.45) is 2.16. The van der Waals surface area contributed by atoms with Gasteiger partial charge in [-0.25, -0.2) is 0 Å². The molecule has 0 aliphatic carbocycles. The average Bonchev–Trinajstić information content (AvgIpc) is 2.50. The number of rotatable bonds is 6. The second-order valence-electron chi connectivity index (χ2n) is 4.74. The zero-order chi connectivity index (χ0) is 15.1. The fraction of sp³-hybridized carbons (Fsp3) is 0.312. The molecule has 0 fully saturated rings. The predicted molar refractivity (Wildman–Crippen MR) is 84.6 cm³/mol. The zero-order valence-corrected chi connectivity index (χ0v) is 12.4. The van der Waals surface area contributed by atoms with Gasteiger partial charge in [-0.2, -0.15) is 0 Å². The SMILES string of the molecule is CCCc1ccc(NC(=O)c2ccc(NCC)nn2)cc1. The quantitative estimate of drug-likeness (QED) is 0.855. The summed E-state index contributed by atoms with van der Waals surface area (Å²) in [5.41, 5.74) is 2.33. The van der Waals surface area contributed by atoms with Crippen LogP contribution in [0.2, 0.25) is 0 Å². The third-order valence-electron chi connectivity index (χ3n) is 3.01. The highest BCUT2D eigenvalue weighted by atomic mass is 16.1. The molecule has 0 radical (unpaired) electrons. The van der Waals surface area contributed by atoms with Gasteiger partial charge in [0, 0.05) is 12.2 Å². The lowest BCUT2D eigenvalue weighted by atomic mass is 10.1. The van der Waals surface area contributed by atoms with Gasteiger partial charge < -0.3 is 10.6 Å². The summed E-state index contributed by atoms with van der Waals surface area (Å²) < 4.78 is 0. The lowest BCUT2D eigenvalue weighted by molar-refractivity contribution is 0.102. The van der Waals surface area contributed by atoms with Crippen molar-refractivity contribution in [2.75, 3.05) is 17.2 Å². The minimum Gasteiger partial charge on any atom is -0.369 e. The average molecular weight is 284 g/mol. The molecule has 2 aromatic rings. The highest BCUT2D eigenvalue weighted by molar-refractivity contribution is 6.02. The Labute approximate surface area is 124 Å². The number of benzene rings is 1. The molecule has 0 aliphatic rings. The Hall–Kier alpha value is -2.43. The number of aryl methyl sites for hydroxylation is 1. The molecular formula is C16H20N4O. The first-order valence-corrected chi connectivity index (χ1v) is 7.20. The van der Waals surface area contributed by atoms with E-state index < -0.39 is 0 Å². The van der Waals surface area contributed by atoms with Gasteiger partial charge in [0.15, 0.2) is 5.69 Å². The van der Waals surface area contributed by atoms with E-state index in [1.807, 2.05) is 31.2 Å². The maximum atomic E-state index is 12.1. The van der Waals surface area contributed by atoms with Crippen LogP contribution >= 0.6 is 0 Å². The summed E-state index contributed by atoms with van der Waals surface area (Å²) in [7, 11) is 0. The Morgan fingerprint density at radius 3 is 2.38 bits per heavy atom. The molecule has 0 spiro atoms. The minimum absolute atomic E-state index is 0.256. The molecular weight excluding hydrogens is 264 g/mol. The van der Waals surface area contributed by atoms with Crippen molar-refractivity contribution >= 4 is 17.4 Å². The molecule has 21 heavy (non-hydrogen) atoms. The van der Waals surface area contributed by atoms with Crippen LogP contribution in [0, 0.1) is 0 Å². The van der Waals surface area contributed by atoms with E-state index in [0.717, 1.165) is 25.1 Å². The summed E-state index contributed by atoms with van der Waals surface area (Å²) in [6, 6.07) is 11.3.